The summed E-state index contributed by atoms with van der Waals surface area (Å²) in [7, 11) is 0. The Kier molecular flexibility index (Phi) is 2.85. The van der Waals surface area contributed by atoms with E-state index in [-0.39, 0.29) is 4.92 Å². The van der Waals surface area contributed by atoms with E-state index in [1.807, 2.05) is 25.1 Å². The number of benzene rings is 1. The first-order valence-electron chi connectivity index (χ1n) is 5.16. The van der Waals surface area contributed by atoms with Gasteiger partial charge in [-0.3, -0.25) is 10.1 Å². The van der Waals surface area contributed by atoms with Crippen molar-refractivity contribution in [3.05, 3.63) is 46.0 Å². The summed E-state index contributed by atoms with van der Waals surface area (Å²) in [5, 5.41) is 14.8. The minimum absolute atomic E-state index is 0.326. The van der Waals surface area contributed by atoms with E-state index in [0.717, 1.165) is 5.56 Å². The Morgan fingerprint density at radius 2 is 2.12 bits per heavy atom. The van der Waals surface area contributed by atoms with E-state index in [4.69, 9.17) is 4.84 Å². The maximum Gasteiger partial charge on any atom is 0.297 e. The predicted molar refractivity (Wildman–Crippen MR) is 58.9 cm³/mol. The van der Waals surface area contributed by atoms with Crippen LogP contribution in [-0.4, -0.2) is 22.8 Å². The Labute approximate surface area is 92.9 Å². The molecule has 0 radical (unpaired) electrons. The van der Waals surface area contributed by atoms with Crippen molar-refractivity contribution in [3.8, 4) is 0 Å². The molecule has 1 aliphatic heterocycles. The summed E-state index contributed by atoms with van der Waals surface area (Å²) in [5.41, 5.74) is 1.16. The van der Waals surface area contributed by atoms with E-state index < -0.39 is 12.1 Å². The molecule has 0 amide bonds. The van der Waals surface area contributed by atoms with Gasteiger partial charge in [-0.2, -0.15) is 0 Å². The van der Waals surface area contributed by atoms with Gasteiger partial charge < -0.3 is 4.84 Å². The average molecular weight is 220 g/mol. The van der Waals surface area contributed by atoms with Gasteiger partial charge >= 0.3 is 0 Å². The molecule has 5 nitrogen and oxygen atoms in total. The number of nitrogens with zero attached hydrogens (tertiary/aromatic N) is 2. The molecule has 84 valence electrons. The molecule has 0 spiro atoms. The summed E-state index contributed by atoms with van der Waals surface area (Å²) < 4.78 is 0. The van der Waals surface area contributed by atoms with Crippen molar-refractivity contribution >= 4 is 5.71 Å². The first kappa shape index (κ1) is 10.6. The summed E-state index contributed by atoms with van der Waals surface area (Å²) in [6.45, 7) is 1.85. The number of hydrogen-bond acceptors (Lipinski definition) is 4. The van der Waals surface area contributed by atoms with Crippen LogP contribution in [0.3, 0.4) is 0 Å². The van der Waals surface area contributed by atoms with E-state index in [1.54, 1.807) is 12.1 Å². The van der Waals surface area contributed by atoms with Crippen molar-refractivity contribution in [3.63, 3.8) is 0 Å². The third-order valence-electron chi connectivity index (χ3n) is 2.62. The highest BCUT2D eigenvalue weighted by molar-refractivity contribution is 6.04. The van der Waals surface area contributed by atoms with Crippen molar-refractivity contribution in [2.24, 2.45) is 5.16 Å². The van der Waals surface area contributed by atoms with Gasteiger partial charge in [0.15, 0.2) is 11.8 Å². The number of hydrogen-bond donors (Lipinski definition) is 0. The lowest BCUT2D eigenvalue weighted by Crippen LogP contribution is -2.36. The molecule has 1 aliphatic rings. The molecule has 1 heterocycles. The highest BCUT2D eigenvalue weighted by atomic mass is 16.7. The van der Waals surface area contributed by atoms with E-state index in [0.29, 0.717) is 12.1 Å². The van der Waals surface area contributed by atoms with Gasteiger partial charge in [0.1, 0.15) is 0 Å². The highest BCUT2D eigenvalue weighted by Gasteiger charge is 2.43. The van der Waals surface area contributed by atoms with E-state index in [1.165, 1.54) is 0 Å². The molecule has 2 rings (SSSR count). The molecule has 0 N–H and O–H groups in total. The highest BCUT2D eigenvalue weighted by Crippen LogP contribution is 2.21. The summed E-state index contributed by atoms with van der Waals surface area (Å²) in [4.78, 5) is 15.8. The molecule has 1 aromatic rings. The zero-order valence-corrected chi connectivity index (χ0v) is 8.87. The largest absolute Gasteiger partial charge is 0.384 e. The monoisotopic (exact) mass is 220 g/mol. The van der Waals surface area contributed by atoms with Gasteiger partial charge in [0.05, 0.1) is 0 Å². The standard InChI is InChI=1S/C11H12N2O3/c1-2-9-11(13(14)15)10(12-16-9)8-6-4-3-5-7-8/h3-7,9,11H,2H2,1H3/t9-,11+/m1/s1. The molecule has 0 unspecified atom stereocenters. The van der Waals surface area contributed by atoms with Gasteiger partial charge in [-0.1, -0.05) is 42.4 Å². The molecular weight excluding hydrogens is 208 g/mol. The topological polar surface area (TPSA) is 64.7 Å². The second kappa shape index (κ2) is 4.30. The van der Waals surface area contributed by atoms with Gasteiger partial charge in [-0.15, -0.1) is 0 Å². The second-order valence-electron chi connectivity index (χ2n) is 3.62. The number of nitro groups is 1. The molecule has 0 fully saturated rings. The number of oxime groups is 1. The van der Waals surface area contributed by atoms with E-state index in [2.05, 4.69) is 5.16 Å². The Morgan fingerprint density at radius 3 is 2.69 bits per heavy atom. The van der Waals surface area contributed by atoms with Gasteiger partial charge in [0, 0.05) is 10.5 Å². The minimum atomic E-state index is -0.854. The first-order chi connectivity index (χ1) is 7.74. The van der Waals surface area contributed by atoms with Gasteiger partial charge in [0.2, 0.25) is 0 Å². The van der Waals surface area contributed by atoms with Crippen LogP contribution in [-0.2, 0) is 4.84 Å². The SMILES string of the molecule is CC[C@H]1ON=C(c2ccccc2)[C@H]1[N+](=O)[O-]. The zero-order chi connectivity index (χ0) is 11.5. The molecule has 0 bridgehead atoms. The third-order valence-corrected chi connectivity index (χ3v) is 2.62. The normalized spacial score (nSPS) is 23.7. The zero-order valence-electron chi connectivity index (χ0n) is 8.87. The van der Waals surface area contributed by atoms with Crippen LogP contribution in [0, 0.1) is 10.1 Å². The van der Waals surface area contributed by atoms with Crippen LogP contribution in [0.25, 0.3) is 0 Å². The lowest BCUT2D eigenvalue weighted by atomic mass is 9.99. The minimum Gasteiger partial charge on any atom is -0.384 e. The van der Waals surface area contributed by atoms with Crippen molar-refractivity contribution in [1.82, 2.24) is 0 Å². The summed E-state index contributed by atoms with van der Waals surface area (Å²) in [6, 6.07) is 8.26. The van der Waals surface area contributed by atoms with Gasteiger partial charge in [0.25, 0.3) is 6.04 Å². The second-order valence-corrected chi connectivity index (χ2v) is 3.62. The van der Waals surface area contributed by atoms with Crippen LogP contribution >= 0.6 is 0 Å². The Hall–Kier alpha value is -1.91. The summed E-state index contributed by atoms with van der Waals surface area (Å²) in [6.07, 6.45) is 0.121. The van der Waals surface area contributed by atoms with Crippen LogP contribution in [0.5, 0.6) is 0 Å². The fourth-order valence-electron chi connectivity index (χ4n) is 1.78. The first-order valence-corrected chi connectivity index (χ1v) is 5.16. The van der Waals surface area contributed by atoms with Gasteiger partial charge in [-0.25, -0.2) is 0 Å². The summed E-state index contributed by atoms with van der Waals surface area (Å²) in [5.74, 6) is 0. The fraction of sp³-hybridized carbons (Fsp3) is 0.364. The number of rotatable bonds is 3. The van der Waals surface area contributed by atoms with Crippen LogP contribution < -0.4 is 0 Å². The summed E-state index contributed by atoms with van der Waals surface area (Å²) >= 11 is 0. The van der Waals surface area contributed by atoms with Crippen molar-refractivity contribution in [1.29, 1.82) is 0 Å². The van der Waals surface area contributed by atoms with Crippen molar-refractivity contribution in [2.45, 2.75) is 25.5 Å². The third kappa shape index (κ3) is 1.76. The maximum atomic E-state index is 11.0. The maximum absolute atomic E-state index is 11.0. The average Bonchev–Trinajstić information content (AvgIpc) is 2.73. The molecule has 0 saturated carbocycles. The lowest BCUT2D eigenvalue weighted by Gasteiger charge is -2.09. The molecule has 2 atom stereocenters. The van der Waals surface area contributed by atoms with Crippen LogP contribution in [0.4, 0.5) is 0 Å². The van der Waals surface area contributed by atoms with Crippen LogP contribution in [0.1, 0.15) is 18.9 Å². The fourth-order valence-corrected chi connectivity index (χ4v) is 1.78. The van der Waals surface area contributed by atoms with Crippen molar-refractivity contribution in [2.75, 3.05) is 0 Å². The quantitative estimate of drug-likeness (QED) is 0.576. The molecular formula is C11H12N2O3. The Morgan fingerprint density at radius 1 is 1.44 bits per heavy atom. The van der Waals surface area contributed by atoms with Crippen molar-refractivity contribution < 1.29 is 9.76 Å². The van der Waals surface area contributed by atoms with Crippen LogP contribution in [0.15, 0.2) is 35.5 Å². The van der Waals surface area contributed by atoms with E-state index >= 15 is 0 Å². The molecule has 1 aromatic carbocycles. The molecule has 0 saturated heterocycles. The molecule has 0 aliphatic carbocycles. The molecule has 5 heteroatoms. The molecule has 16 heavy (non-hydrogen) atoms. The smallest absolute Gasteiger partial charge is 0.297 e. The van der Waals surface area contributed by atoms with Crippen LogP contribution in [0.2, 0.25) is 0 Å². The lowest BCUT2D eigenvalue weighted by molar-refractivity contribution is -0.511. The van der Waals surface area contributed by atoms with E-state index in [9.17, 15) is 10.1 Å². The Balaban J connectivity index is 2.32. The molecule has 0 aromatic heterocycles. The predicted octanol–water partition coefficient (Wildman–Crippen LogP) is 1.84. The Bertz CT molecular complexity index is 416. The van der Waals surface area contributed by atoms with Gasteiger partial charge in [-0.05, 0) is 6.42 Å².